The summed E-state index contributed by atoms with van der Waals surface area (Å²) in [6.07, 6.45) is 10.7. The third-order valence-corrected chi connectivity index (χ3v) is 5.57. The van der Waals surface area contributed by atoms with E-state index in [9.17, 15) is 5.21 Å². The second kappa shape index (κ2) is 7.72. The fourth-order valence-corrected chi connectivity index (χ4v) is 3.97. The number of benzene rings is 1. The zero-order valence-corrected chi connectivity index (χ0v) is 17.5. The van der Waals surface area contributed by atoms with Crippen LogP contribution in [0.5, 0.6) is 0 Å². The van der Waals surface area contributed by atoms with Gasteiger partial charge in [-0.05, 0) is 60.7 Å². The van der Waals surface area contributed by atoms with Gasteiger partial charge in [-0.2, -0.15) is 4.73 Å². The molecule has 0 unspecified atom stereocenters. The van der Waals surface area contributed by atoms with Crippen LogP contribution in [0.15, 0.2) is 110 Å². The van der Waals surface area contributed by atoms with Crippen LogP contribution in [0.2, 0.25) is 0 Å². The van der Waals surface area contributed by atoms with Crippen molar-refractivity contribution in [1.29, 1.82) is 0 Å². The van der Waals surface area contributed by atoms with Gasteiger partial charge in [-0.3, -0.25) is 9.55 Å². The predicted molar refractivity (Wildman–Crippen MR) is 126 cm³/mol. The van der Waals surface area contributed by atoms with Crippen LogP contribution in [-0.4, -0.2) is 24.1 Å². The minimum absolute atomic E-state index is 0.489. The summed E-state index contributed by atoms with van der Waals surface area (Å²) < 4.78 is 4.84. The van der Waals surface area contributed by atoms with E-state index in [0.29, 0.717) is 11.4 Å². The molecule has 0 aliphatic rings. The van der Waals surface area contributed by atoms with Gasteiger partial charge < -0.3 is 9.77 Å². The molecule has 0 saturated heterocycles. The van der Waals surface area contributed by atoms with Gasteiger partial charge in [-0.1, -0.05) is 0 Å². The fraction of sp³-hybridized carbons (Fsp3) is 0. The molecule has 0 spiro atoms. The molecule has 7 heteroatoms. The summed E-state index contributed by atoms with van der Waals surface area (Å²) in [4.78, 5) is 13.6. The first-order valence-corrected chi connectivity index (χ1v) is 10.5. The van der Waals surface area contributed by atoms with Crippen molar-refractivity contribution in [3.05, 3.63) is 115 Å². The van der Waals surface area contributed by atoms with E-state index in [0.717, 1.165) is 38.5 Å². The zero-order valence-electron chi connectivity index (χ0n) is 17.5. The average Bonchev–Trinajstić information content (AvgIpc) is 3.50. The standard InChI is InChI=1S/C26H18N6O/c33-32-15-2-1-7-24(32)23-18-31(22-6-4-13-27-17-22)26(29-23)20-8-10-21(11-9-20)30-16-12-19-5-3-14-28-25(19)30/h1-18H. The number of nitrogens with zero attached hydrogens (tertiary/aromatic N) is 6. The Hall–Kier alpha value is -4.78. The number of hydrogen-bond donors (Lipinski definition) is 0. The molecule has 0 radical (unpaired) electrons. The summed E-state index contributed by atoms with van der Waals surface area (Å²) in [6, 6.07) is 23.3. The second-order valence-corrected chi connectivity index (χ2v) is 7.59. The van der Waals surface area contributed by atoms with E-state index in [1.165, 1.54) is 6.20 Å². The number of aromatic nitrogens is 6. The summed E-state index contributed by atoms with van der Waals surface area (Å²) in [5, 5.41) is 13.4. The van der Waals surface area contributed by atoms with E-state index in [1.54, 1.807) is 30.7 Å². The quantitative estimate of drug-likeness (QED) is 0.303. The minimum atomic E-state index is 0.489. The van der Waals surface area contributed by atoms with Gasteiger partial charge in [0.25, 0.3) is 0 Å². The molecule has 5 aromatic heterocycles. The smallest absolute Gasteiger partial charge is 0.243 e. The molecule has 0 aliphatic heterocycles. The summed E-state index contributed by atoms with van der Waals surface area (Å²) in [5.74, 6) is 0.726. The van der Waals surface area contributed by atoms with Crippen LogP contribution in [-0.2, 0) is 0 Å². The van der Waals surface area contributed by atoms with Crippen molar-refractivity contribution in [2.24, 2.45) is 0 Å². The summed E-state index contributed by atoms with van der Waals surface area (Å²) in [6.45, 7) is 0. The third-order valence-electron chi connectivity index (χ3n) is 5.57. The summed E-state index contributed by atoms with van der Waals surface area (Å²) in [7, 11) is 0. The Morgan fingerprint density at radius 3 is 2.48 bits per heavy atom. The lowest BCUT2D eigenvalue weighted by atomic mass is 10.2. The summed E-state index contributed by atoms with van der Waals surface area (Å²) in [5.41, 5.74) is 4.79. The maximum Gasteiger partial charge on any atom is 0.243 e. The van der Waals surface area contributed by atoms with Crippen LogP contribution >= 0.6 is 0 Å². The molecule has 0 saturated carbocycles. The van der Waals surface area contributed by atoms with E-state index in [2.05, 4.69) is 20.6 Å². The SMILES string of the molecule is [O-][n+]1ccccc1-c1cn(-c2cccnc2)c(-c2ccc(-n3ccc4cccnc43)cc2)n1. The van der Waals surface area contributed by atoms with E-state index < -0.39 is 0 Å². The highest BCUT2D eigenvalue weighted by Gasteiger charge is 2.18. The van der Waals surface area contributed by atoms with Gasteiger partial charge >= 0.3 is 0 Å². The molecule has 0 N–H and O–H groups in total. The van der Waals surface area contributed by atoms with Crippen molar-refractivity contribution >= 4 is 11.0 Å². The van der Waals surface area contributed by atoms with Crippen molar-refractivity contribution in [3.63, 3.8) is 0 Å². The Morgan fingerprint density at radius 2 is 1.67 bits per heavy atom. The molecule has 0 atom stereocenters. The highest BCUT2D eigenvalue weighted by Crippen LogP contribution is 2.28. The van der Waals surface area contributed by atoms with Gasteiger partial charge in [-0.25, -0.2) is 9.97 Å². The molecule has 33 heavy (non-hydrogen) atoms. The Bertz CT molecular complexity index is 1570. The monoisotopic (exact) mass is 430 g/mol. The van der Waals surface area contributed by atoms with Gasteiger partial charge in [0, 0.05) is 53.6 Å². The van der Waals surface area contributed by atoms with Gasteiger partial charge in [0.05, 0.1) is 11.9 Å². The Balaban J connectivity index is 1.46. The van der Waals surface area contributed by atoms with Gasteiger partial charge in [0.15, 0.2) is 11.9 Å². The Labute approximate surface area is 189 Å². The van der Waals surface area contributed by atoms with Crippen LogP contribution in [0.25, 0.3) is 45.2 Å². The third kappa shape index (κ3) is 3.32. The molecule has 0 amide bonds. The average molecular weight is 430 g/mol. The van der Waals surface area contributed by atoms with Crippen molar-refractivity contribution in [2.75, 3.05) is 0 Å². The molecule has 0 bridgehead atoms. The van der Waals surface area contributed by atoms with E-state index in [-0.39, 0.29) is 0 Å². The highest BCUT2D eigenvalue weighted by atomic mass is 16.5. The van der Waals surface area contributed by atoms with Crippen LogP contribution < -0.4 is 4.73 Å². The minimum Gasteiger partial charge on any atom is -0.618 e. The van der Waals surface area contributed by atoms with Crippen molar-refractivity contribution < 1.29 is 4.73 Å². The lowest BCUT2D eigenvalue weighted by Crippen LogP contribution is -2.27. The molecule has 5 heterocycles. The largest absolute Gasteiger partial charge is 0.618 e. The van der Waals surface area contributed by atoms with E-state index in [1.807, 2.05) is 71.6 Å². The molecule has 6 aromatic rings. The lowest BCUT2D eigenvalue weighted by molar-refractivity contribution is -0.593. The van der Waals surface area contributed by atoms with E-state index >= 15 is 0 Å². The zero-order chi connectivity index (χ0) is 22.2. The topological polar surface area (TPSA) is 75.5 Å². The van der Waals surface area contributed by atoms with Crippen LogP contribution in [0, 0.1) is 5.21 Å². The van der Waals surface area contributed by atoms with E-state index in [4.69, 9.17) is 4.98 Å². The van der Waals surface area contributed by atoms with Crippen molar-refractivity contribution in [3.8, 4) is 34.2 Å². The molecular weight excluding hydrogens is 412 g/mol. The van der Waals surface area contributed by atoms with Gasteiger partial charge in [0.1, 0.15) is 11.5 Å². The first-order chi connectivity index (χ1) is 16.3. The predicted octanol–water partition coefficient (Wildman–Crippen LogP) is 4.57. The first-order valence-electron chi connectivity index (χ1n) is 10.5. The first kappa shape index (κ1) is 18.9. The van der Waals surface area contributed by atoms with Gasteiger partial charge in [0.2, 0.25) is 5.69 Å². The molecule has 6 rings (SSSR count). The normalized spacial score (nSPS) is 11.2. The number of fused-ring (bicyclic) bond motifs is 1. The summed E-state index contributed by atoms with van der Waals surface area (Å²) >= 11 is 0. The molecule has 158 valence electrons. The molecule has 1 aromatic carbocycles. The molecule has 7 nitrogen and oxygen atoms in total. The number of rotatable bonds is 4. The lowest BCUT2D eigenvalue weighted by Gasteiger charge is -2.09. The highest BCUT2D eigenvalue weighted by molar-refractivity contribution is 5.78. The fourth-order valence-electron chi connectivity index (χ4n) is 3.97. The molecular formula is C26H18N6O. The number of hydrogen-bond acceptors (Lipinski definition) is 4. The Morgan fingerprint density at radius 1 is 0.788 bits per heavy atom. The van der Waals surface area contributed by atoms with Gasteiger partial charge in [-0.15, -0.1) is 0 Å². The molecule has 0 aliphatic carbocycles. The molecule has 0 fully saturated rings. The van der Waals surface area contributed by atoms with Crippen LogP contribution in [0.3, 0.4) is 0 Å². The van der Waals surface area contributed by atoms with Crippen molar-refractivity contribution in [2.45, 2.75) is 0 Å². The van der Waals surface area contributed by atoms with Crippen molar-refractivity contribution in [1.82, 2.24) is 24.1 Å². The Kier molecular flexibility index (Phi) is 4.43. The van der Waals surface area contributed by atoms with Crippen LogP contribution in [0.1, 0.15) is 0 Å². The van der Waals surface area contributed by atoms with Crippen LogP contribution in [0.4, 0.5) is 0 Å². The number of imidazole rings is 1. The maximum absolute atomic E-state index is 12.3. The maximum atomic E-state index is 12.3. The second-order valence-electron chi connectivity index (χ2n) is 7.59. The number of pyridine rings is 3.